The predicted octanol–water partition coefficient (Wildman–Crippen LogP) is 6.84. The van der Waals surface area contributed by atoms with Gasteiger partial charge < -0.3 is 9.84 Å². The van der Waals surface area contributed by atoms with E-state index < -0.39 is 5.97 Å². The van der Waals surface area contributed by atoms with Gasteiger partial charge in [-0.05, 0) is 88.9 Å². The number of thiophene rings is 1. The Bertz CT molecular complexity index is 2100. The summed E-state index contributed by atoms with van der Waals surface area (Å²) in [5, 5.41) is 11.8. The molecule has 0 unspecified atom stereocenters. The highest BCUT2D eigenvalue weighted by atomic mass is 35.5. The van der Waals surface area contributed by atoms with Gasteiger partial charge in [-0.1, -0.05) is 11.6 Å². The molecule has 48 heavy (non-hydrogen) atoms. The van der Waals surface area contributed by atoms with Gasteiger partial charge in [-0.3, -0.25) is 24.2 Å². The number of rotatable bonds is 8. The summed E-state index contributed by atoms with van der Waals surface area (Å²) in [5.41, 5.74) is 4.87. The first-order valence-electron chi connectivity index (χ1n) is 16.2. The highest BCUT2D eigenvalue weighted by molar-refractivity contribution is 7.18. The van der Waals surface area contributed by atoms with Gasteiger partial charge in [0.2, 0.25) is 0 Å². The minimum absolute atomic E-state index is 0.0373. The number of carboxylic acid groups (broad SMARTS) is 1. The number of ether oxygens (including phenoxy) is 1. The molecule has 1 fully saturated rings. The zero-order valence-corrected chi connectivity index (χ0v) is 28.3. The van der Waals surface area contributed by atoms with E-state index in [0.717, 1.165) is 65.9 Å². The maximum atomic E-state index is 14.5. The average molecular weight is 688 g/mol. The third kappa shape index (κ3) is 6.22. The number of hydrogen-bond acceptors (Lipinski definition) is 8. The maximum absolute atomic E-state index is 14.5. The zero-order chi connectivity index (χ0) is 33.5. The van der Waals surface area contributed by atoms with E-state index in [-0.39, 0.29) is 35.5 Å². The van der Waals surface area contributed by atoms with Crippen molar-refractivity contribution in [2.24, 2.45) is 0 Å². The summed E-state index contributed by atoms with van der Waals surface area (Å²) in [6, 6.07) is 10.5. The van der Waals surface area contributed by atoms with E-state index in [2.05, 4.69) is 14.9 Å². The van der Waals surface area contributed by atoms with Crippen LogP contribution in [0.2, 0.25) is 5.02 Å². The molecule has 1 saturated heterocycles. The second-order valence-electron chi connectivity index (χ2n) is 12.6. The molecule has 0 spiro atoms. The molecule has 0 radical (unpaired) electrons. The molecule has 2 atom stereocenters. The number of pyridine rings is 2. The fourth-order valence-electron chi connectivity index (χ4n) is 7.22. The first-order chi connectivity index (χ1) is 23.2. The number of aromatic carboxylic acids is 1. The normalized spacial score (nSPS) is 18.2. The number of fused-ring (bicyclic) bond motifs is 2. The van der Waals surface area contributed by atoms with E-state index in [4.69, 9.17) is 21.3 Å². The Kier molecular flexibility index (Phi) is 9.02. The van der Waals surface area contributed by atoms with Crippen LogP contribution in [0.25, 0.3) is 21.3 Å². The van der Waals surface area contributed by atoms with Crippen molar-refractivity contribution in [1.29, 1.82) is 0 Å². The van der Waals surface area contributed by atoms with Crippen LogP contribution in [0.3, 0.4) is 0 Å². The summed E-state index contributed by atoms with van der Waals surface area (Å²) < 4.78 is 23.3. The second-order valence-corrected chi connectivity index (χ2v) is 13.9. The van der Waals surface area contributed by atoms with E-state index >= 15 is 0 Å². The molecule has 5 heterocycles. The molecule has 0 bridgehead atoms. The van der Waals surface area contributed by atoms with Crippen LogP contribution in [0.1, 0.15) is 64.0 Å². The summed E-state index contributed by atoms with van der Waals surface area (Å²) in [7, 11) is 0. The number of halogens is 2. The van der Waals surface area contributed by atoms with E-state index in [1.165, 1.54) is 17.4 Å². The van der Waals surface area contributed by atoms with Crippen molar-refractivity contribution in [3.8, 4) is 16.9 Å². The van der Waals surface area contributed by atoms with Gasteiger partial charge in [0.25, 0.3) is 5.56 Å². The average Bonchev–Trinajstić information content (AvgIpc) is 3.51. The highest BCUT2D eigenvalue weighted by Crippen LogP contribution is 2.40. The lowest BCUT2D eigenvalue weighted by Crippen LogP contribution is -2.46. The molecule has 7 rings (SSSR count). The first-order valence-corrected chi connectivity index (χ1v) is 17.4. The summed E-state index contributed by atoms with van der Waals surface area (Å²) in [5.74, 6) is -0.0323. The number of likely N-dealkylation sites (tertiary alicyclic amines) is 1. The van der Waals surface area contributed by atoms with Crippen molar-refractivity contribution in [3.05, 3.63) is 103 Å². The van der Waals surface area contributed by atoms with Gasteiger partial charge >= 0.3 is 5.97 Å². The van der Waals surface area contributed by atoms with Gasteiger partial charge in [0.1, 0.15) is 24.0 Å². The Morgan fingerprint density at radius 1 is 1.17 bits per heavy atom. The molecule has 0 saturated carbocycles. The van der Waals surface area contributed by atoms with Gasteiger partial charge in [-0.15, -0.1) is 11.3 Å². The number of aryl methyl sites for hydroxylation is 3. The molecular weight excluding hydrogens is 653 g/mol. The molecule has 248 valence electrons. The Morgan fingerprint density at radius 3 is 2.83 bits per heavy atom. The monoisotopic (exact) mass is 687 g/mol. The van der Waals surface area contributed by atoms with E-state index in [1.807, 2.05) is 19.9 Å². The van der Waals surface area contributed by atoms with Crippen LogP contribution in [-0.4, -0.2) is 61.2 Å². The molecule has 5 aromatic rings. The van der Waals surface area contributed by atoms with Crippen molar-refractivity contribution in [2.45, 2.75) is 64.5 Å². The van der Waals surface area contributed by atoms with E-state index in [0.29, 0.717) is 46.5 Å². The number of nitrogens with zero attached hydrogens (tertiary/aromatic N) is 5. The lowest BCUT2D eigenvalue weighted by molar-refractivity contribution is 0.0699. The molecule has 2 aliphatic rings. The van der Waals surface area contributed by atoms with Gasteiger partial charge in [-0.2, -0.15) is 0 Å². The van der Waals surface area contributed by atoms with Crippen LogP contribution < -0.4 is 10.3 Å². The zero-order valence-electron chi connectivity index (χ0n) is 26.7. The van der Waals surface area contributed by atoms with Crippen molar-refractivity contribution in [2.75, 3.05) is 19.7 Å². The van der Waals surface area contributed by atoms with Crippen LogP contribution in [0, 0.1) is 19.7 Å². The van der Waals surface area contributed by atoms with E-state index in [1.54, 1.807) is 40.4 Å². The first kappa shape index (κ1) is 32.4. The predicted molar refractivity (Wildman–Crippen MR) is 184 cm³/mol. The molecule has 1 N–H and O–H groups in total. The minimum Gasteiger partial charge on any atom is -0.491 e. The fraction of sp³-hybridized carbons (Fsp3) is 0.361. The standard InChI is InChI=1S/C36H35ClFN5O4S/c1-20-15-26(34-33(40-20)28(19-48-34)36(45)46)25-16-23(37)7-10-31(25)47-14-13-43-21(2)41-30-9-8-24(17-27(30)35(43)44)42-12-4-5-22(18-42)32-29(38)6-3-11-39-32/h3,6-7,10-11,15-16,19,22,24H,4-5,8-9,12-14,17-18H2,1-2H3,(H,45,46)/t22-,24+/m1/s1. The molecule has 9 nitrogen and oxygen atoms in total. The smallest absolute Gasteiger partial charge is 0.338 e. The maximum Gasteiger partial charge on any atom is 0.338 e. The van der Waals surface area contributed by atoms with Crippen LogP contribution in [0.4, 0.5) is 4.39 Å². The number of piperidine rings is 1. The Hall–Kier alpha value is -4.19. The number of carbonyl (C=O) groups is 1. The second kappa shape index (κ2) is 13.4. The topological polar surface area (TPSA) is 110 Å². The quantitative estimate of drug-likeness (QED) is 0.189. The molecule has 1 aliphatic carbocycles. The lowest BCUT2D eigenvalue weighted by atomic mass is 9.87. The van der Waals surface area contributed by atoms with Crippen LogP contribution in [-0.2, 0) is 19.4 Å². The number of hydrogen-bond donors (Lipinski definition) is 1. The highest BCUT2D eigenvalue weighted by Gasteiger charge is 2.33. The van der Waals surface area contributed by atoms with Gasteiger partial charge in [0.15, 0.2) is 0 Å². The van der Waals surface area contributed by atoms with Crippen molar-refractivity contribution in [1.82, 2.24) is 24.4 Å². The number of carboxylic acids is 1. The number of benzene rings is 1. The molecule has 1 aliphatic heterocycles. The van der Waals surface area contributed by atoms with Crippen LogP contribution >= 0.6 is 22.9 Å². The van der Waals surface area contributed by atoms with Crippen molar-refractivity contribution >= 4 is 39.1 Å². The largest absolute Gasteiger partial charge is 0.491 e. The summed E-state index contributed by atoms with van der Waals surface area (Å²) in [6.45, 7) is 5.83. The van der Waals surface area contributed by atoms with Crippen molar-refractivity contribution < 1.29 is 19.0 Å². The fourth-order valence-corrected chi connectivity index (χ4v) is 8.40. The summed E-state index contributed by atoms with van der Waals surface area (Å²) in [4.78, 5) is 41.9. The summed E-state index contributed by atoms with van der Waals surface area (Å²) >= 11 is 7.74. The van der Waals surface area contributed by atoms with Gasteiger partial charge in [-0.25, -0.2) is 14.2 Å². The SMILES string of the molecule is Cc1cc(-c2cc(Cl)ccc2OCCn2c(C)nc3c(c2=O)C[C@@H](N2CCC[C@@H](c4ncccc4F)C2)CC3)c2scc(C(=O)O)c2n1. The Labute approximate surface area is 286 Å². The molecule has 12 heteroatoms. The van der Waals surface area contributed by atoms with Crippen molar-refractivity contribution in [3.63, 3.8) is 0 Å². The van der Waals surface area contributed by atoms with E-state index in [9.17, 15) is 19.1 Å². The molecule has 4 aromatic heterocycles. The third-order valence-electron chi connectivity index (χ3n) is 9.52. The Balaban J connectivity index is 1.10. The van der Waals surface area contributed by atoms with Crippen LogP contribution in [0.5, 0.6) is 5.75 Å². The third-order valence-corrected chi connectivity index (χ3v) is 10.8. The molecular formula is C36H35ClFN5O4S. The number of aromatic nitrogens is 4. The van der Waals surface area contributed by atoms with Gasteiger partial charge in [0.05, 0.1) is 33.7 Å². The van der Waals surface area contributed by atoms with Gasteiger partial charge in [0, 0.05) is 57.5 Å². The molecule has 0 amide bonds. The van der Waals surface area contributed by atoms with Crippen LogP contribution in [0.15, 0.2) is 52.8 Å². The summed E-state index contributed by atoms with van der Waals surface area (Å²) in [6.07, 6.45) is 5.76. The molecule has 1 aromatic carbocycles. The lowest BCUT2D eigenvalue weighted by Gasteiger charge is -2.40. The minimum atomic E-state index is -1.03. The Morgan fingerprint density at radius 2 is 2.02 bits per heavy atom.